The van der Waals surface area contributed by atoms with Crippen LogP contribution < -0.4 is 20.1 Å². The van der Waals surface area contributed by atoms with Crippen LogP contribution in [0.5, 0.6) is 11.5 Å². The monoisotopic (exact) mass is 426 g/mol. The maximum Gasteiger partial charge on any atom is 0.250 e. The molecule has 0 saturated carbocycles. The van der Waals surface area contributed by atoms with E-state index in [1.165, 1.54) is 36.4 Å². The predicted octanol–water partition coefficient (Wildman–Crippen LogP) is 2.84. The Bertz CT molecular complexity index is 1010. The van der Waals surface area contributed by atoms with E-state index in [2.05, 4.69) is 10.6 Å². The van der Waals surface area contributed by atoms with Crippen LogP contribution in [-0.2, 0) is 9.59 Å². The summed E-state index contributed by atoms with van der Waals surface area (Å²) in [5.74, 6) is -0.336. The fraction of sp³-hybridized carbons (Fsp3) is 0.217. The molecule has 2 aromatic carbocycles. The van der Waals surface area contributed by atoms with E-state index in [1.807, 2.05) is 0 Å². The van der Waals surface area contributed by atoms with E-state index < -0.39 is 11.6 Å². The standard InChI is InChI=1S/C23H20F2N2O4/c24-18-2-4-20-14(10-18)8-16(12-30-20)22(28)26-6-1-7-27-23(29)17-9-15-11-19(25)3-5-21(15)31-13-17/h2-5,8-11H,1,6-7,12-13H2,(H,26,28)(H,27,29). The minimum atomic E-state index is -0.400. The van der Waals surface area contributed by atoms with Crippen LogP contribution in [-0.4, -0.2) is 38.1 Å². The number of hydrogen-bond acceptors (Lipinski definition) is 4. The SMILES string of the molecule is O=C(NCCCNC(=O)C1=Cc2cc(F)ccc2OC1)C1=Cc2cc(F)ccc2OC1. The first-order chi connectivity index (χ1) is 15.0. The average molecular weight is 426 g/mol. The van der Waals surface area contributed by atoms with Gasteiger partial charge < -0.3 is 20.1 Å². The molecule has 0 aromatic heterocycles. The molecule has 0 aliphatic carbocycles. The van der Waals surface area contributed by atoms with E-state index >= 15 is 0 Å². The van der Waals surface area contributed by atoms with Crippen molar-refractivity contribution in [2.45, 2.75) is 6.42 Å². The molecule has 0 saturated heterocycles. The van der Waals surface area contributed by atoms with Crippen LogP contribution in [0, 0.1) is 11.6 Å². The van der Waals surface area contributed by atoms with Gasteiger partial charge in [0.05, 0.1) is 11.1 Å². The molecule has 31 heavy (non-hydrogen) atoms. The molecule has 2 aliphatic rings. The maximum absolute atomic E-state index is 13.4. The average Bonchev–Trinajstić information content (AvgIpc) is 2.77. The third-order valence-corrected chi connectivity index (χ3v) is 4.88. The summed E-state index contributed by atoms with van der Waals surface area (Å²) in [6.45, 7) is 0.904. The summed E-state index contributed by atoms with van der Waals surface area (Å²) in [4.78, 5) is 24.6. The second-order valence-corrected chi connectivity index (χ2v) is 7.15. The van der Waals surface area contributed by atoms with Crippen molar-refractivity contribution in [3.05, 3.63) is 70.3 Å². The molecule has 0 bridgehead atoms. The zero-order chi connectivity index (χ0) is 21.8. The quantitative estimate of drug-likeness (QED) is 0.697. The van der Waals surface area contributed by atoms with Gasteiger partial charge in [-0.2, -0.15) is 0 Å². The van der Waals surface area contributed by atoms with Gasteiger partial charge in [-0.25, -0.2) is 8.78 Å². The molecule has 0 fully saturated rings. The summed E-state index contributed by atoms with van der Waals surface area (Å²) in [5, 5.41) is 5.51. The van der Waals surface area contributed by atoms with Crippen LogP contribution in [0.4, 0.5) is 8.78 Å². The predicted molar refractivity (Wildman–Crippen MR) is 110 cm³/mol. The molecule has 2 heterocycles. The number of benzene rings is 2. The van der Waals surface area contributed by atoms with Crippen molar-refractivity contribution in [3.8, 4) is 11.5 Å². The van der Waals surface area contributed by atoms with Gasteiger partial charge in [0, 0.05) is 24.2 Å². The van der Waals surface area contributed by atoms with E-state index in [1.54, 1.807) is 12.2 Å². The molecule has 2 N–H and O–H groups in total. The lowest BCUT2D eigenvalue weighted by atomic mass is 10.1. The van der Waals surface area contributed by atoms with Crippen molar-refractivity contribution in [2.75, 3.05) is 26.3 Å². The number of ether oxygens (including phenoxy) is 2. The maximum atomic E-state index is 13.4. The highest BCUT2D eigenvalue weighted by Crippen LogP contribution is 2.28. The van der Waals surface area contributed by atoms with Gasteiger partial charge in [-0.05, 0) is 55.0 Å². The summed E-state index contributed by atoms with van der Waals surface area (Å²) >= 11 is 0. The third-order valence-electron chi connectivity index (χ3n) is 4.88. The Morgan fingerprint density at radius 3 is 1.68 bits per heavy atom. The molecular formula is C23H20F2N2O4. The van der Waals surface area contributed by atoms with Crippen LogP contribution in [0.3, 0.4) is 0 Å². The van der Waals surface area contributed by atoms with Gasteiger partial charge in [0.1, 0.15) is 36.3 Å². The Morgan fingerprint density at radius 1 is 0.774 bits per heavy atom. The fourth-order valence-electron chi connectivity index (χ4n) is 3.28. The van der Waals surface area contributed by atoms with E-state index in [9.17, 15) is 18.4 Å². The Hall–Kier alpha value is -3.68. The lowest BCUT2D eigenvalue weighted by Gasteiger charge is -2.18. The molecule has 2 amide bonds. The zero-order valence-electron chi connectivity index (χ0n) is 16.5. The first-order valence-electron chi connectivity index (χ1n) is 9.82. The first kappa shape index (κ1) is 20.6. The second kappa shape index (κ2) is 8.99. The van der Waals surface area contributed by atoms with Crippen molar-refractivity contribution < 1.29 is 27.8 Å². The summed E-state index contributed by atoms with van der Waals surface area (Å²) in [6, 6.07) is 8.29. The molecular weight excluding hydrogens is 406 g/mol. The lowest BCUT2D eigenvalue weighted by molar-refractivity contribution is -0.118. The number of nitrogens with one attached hydrogen (secondary N) is 2. The second-order valence-electron chi connectivity index (χ2n) is 7.15. The minimum Gasteiger partial charge on any atom is -0.488 e. The van der Waals surface area contributed by atoms with Crippen LogP contribution >= 0.6 is 0 Å². The van der Waals surface area contributed by atoms with E-state index in [0.29, 0.717) is 53.3 Å². The lowest BCUT2D eigenvalue weighted by Crippen LogP contribution is -2.33. The summed E-state index contributed by atoms with van der Waals surface area (Å²) < 4.78 is 37.7. The third kappa shape index (κ3) is 4.91. The number of amides is 2. The Kier molecular flexibility index (Phi) is 5.97. The summed E-state index contributed by atoms with van der Waals surface area (Å²) in [7, 11) is 0. The van der Waals surface area contributed by atoms with Crippen LogP contribution in [0.1, 0.15) is 17.5 Å². The van der Waals surface area contributed by atoms with Crippen molar-refractivity contribution in [1.82, 2.24) is 10.6 Å². The van der Waals surface area contributed by atoms with Gasteiger partial charge in [-0.1, -0.05) is 0 Å². The Balaban J connectivity index is 1.23. The normalized spacial score (nSPS) is 14.1. The molecule has 0 atom stereocenters. The molecule has 0 radical (unpaired) electrons. The summed E-state index contributed by atoms with van der Waals surface area (Å²) in [5.41, 5.74) is 1.84. The summed E-state index contributed by atoms with van der Waals surface area (Å²) in [6.07, 6.45) is 3.72. The van der Waals surface area contributed by atoms with Gasteiger partial charge in [0.2, 0.25) is 0 Å². The van der Waals surface area contributed by atoms with Crippen molar-refractivity contribution in [2.24, 2.45) is 0 Å². The molecule has 6 nitrogen and oxygen atoms in total. The number of rotatable bonds is 6. The van der Waals surface area contributed by atoms with Gasteiger partial charge in [-0.3, -0.25) is 9.59 Å². The molecule has 160 valence electrons. The van der Waals surface area contributed by atoms with Crippen LogP contribution in [0.2, 0.25) is 0 Å². The topological polar surface area (TPSA) is 76.7 Å². The smallest absolute Gasteiger partial charge is 0.250 e. The molecule has 0 unspecified atom stereocenters. The van der Waals surface area contributed by atoms with Crippen molar-refractivity contribution in [1.29, 1.82) is 0 Å². The van der Waals surface area contributed by atoms with Crippen LogP contribution in [0.25, 0.3) is 12.2 Å². The van der Waals surface area contributed by atoms with Crippen molar-refractivity contribution in [3.63, 3.8) is 0 Å². The molecule has 4 rings (SSSR count). The van der Waals surface area contributed by atoms with E-state index in [0.717, 1.165) is 0 Å². The van der Waals surface area contributed by atoms with Crippen molar-refractivity contribution >= 4 is 24.0 Å². The first-order valence-corrected chi connectivity index (χ1v) is 9.82. The molecule has 2 aromatic rings. The van der Waals surface area contributed by atoms with E-state index in [-0.39, 0.29) is 25.0 Å². The highest BCUT2D eigenvalue weighted by molar-refractivity contribution is 5.99. The number of fused-ring (bicyclic) bond motifs is 2. The Morgan fingerprint density at radius 2 is 1.23 bits per heavy atom. The van der Waals surface area contributed by atoms with Gasteiger partial charge in [-0.15, -0.1) is 0 Å². The van der Waals surface area contributed by atoms with Crippen LogP contribution in [0.15, 0.2) is 47.5 Å². The number of carbonyl (C=O) groups is 2. The van der Waals surface area contributed by atoms with E-state index in [4.69, 9.17) is 9.47 Å². The highest BCUT2D eigenvalue weighted by Gasteiger charge is 2.19. The molecule has 2 aliphatic heterocycles. The number of hydrogen-bond donors (Lipinski definition) is 2. The van der Waals surface area contributed by atoms with Gasteiger partial charge in [0.25, 0.3) is 11.8 Å². The molecule has 8 heteroatoms. The highest BCUT2D eigenvalue weighted by atomic mass is 19.1. The van der Waals surface area contributed by atoms with Gasteiger partial charge >= 0.3 is 0 Å². The molecule has 0 spiro atoms. The minimum absolute atomic E-state index is 0.109. The fourth-order valence-corrected chi connectivity index (χ4v) is 3.28. The number of carbonyl (C=O) groups excluding carboxylic acids is 2. The van der Waals surface area contributed by atoms with Gasteiger partial charge in [0.15, 0.2) is 0 Å². The largest absolute Gasteiger partial charge is 0.488 e. The zero-order valence-corrected chi connectivity index (χ0v) is 16.5. The Labute approximate surface area is 177 Å². The number of halogens is 2.